The fraction of sp³-hybridized carbons (Fsp3) is 0.132. The Labute approximate surface area is 259 Å². The summed E-state index contributed by atoms with van der Waals surface area (Å²) in [5.41, 5.74) is 6.63. The van der Waals surface area contributed by atoms with Crippen LogP contribution < -0.4 is 10.5 Å². The van der Waals surface area contributed by atoms with Gasteiger partial charge in [-0.3, -0.25) is 0 Å². The number of benzene rings is 4. The summed E-state index contributed by atoms with van der Waals surface area (Å²) in [4.78, 5) is 20.5. The average Bonchev–Trinajstić information content (AvgIpc) is 3.45. The van der Waals surface area contributed by atoms with E-state index in [-0.39, 0.29) is 11.0 Å². The van der Waals surface area contributed by atoms with Gasteiger partial charge in [0.1, 0.15) is 16.7 Å². The highest BCUT2D eigenvalue weighted by Gasteiger charge is 2.30. The Kier molecular flexibility index (Phi) is 6.96. The molecule has 214 valence electrons. The number of hydrogen-bond donors (Lipinski definition) is 0. The summed E-state index contributed by atoms with van der Waals surface area (Å²) < 4.78 is 7.05. The van der Waals surface area contributed by atoms with Crippen LogP contribution in [0.1, 0.15) is 37.3 Å². The third kappa shape index (κ3) is 5.23. The summed E-state index contributed by atoms with van der Waals surface area (Å²) >= 11 is 1.52. The zero-order chi connectivity index (χ0) is 30.3. The quantitative estimate of drug-likeness (QED) is 0.147. The number of thiazole rings is 1. The molecule has 44 heavy (non-hydrogen) atoms. The maximum atomic E-state index is 13.6. The molecule has 6 heteroatoms. The van der Waals surface area contributed by atoms with E-state index in [4.69, 9.17) is 9.40 Å². The van der Waals surface area contributed by atoms with Crippen LogP contribution >= 0.6 is 11.3 Å². The smallest absolute Gasteiger partial charge is 0.343 e. The lowest BCUT2D eigenvalue weighted by Gasteiger charge is -2.31. The van der Waals surface area contributed by atoms with Crippen LogP contribution in [0.25, 0.3) is 32.3 Å². The standard InChI is InChI=1S/C38H29N3O2S/c1-38(2)22-26(19-27(23-38)32(24-39)36-40-33-15-9-10-16-35(33)44-36)31-20-25-17-18-30(21-34(25)43-37(31)42)41(28-11-5-3-6-12-28)29-13-7-4-8-14-29/h3-21H,22-23H2,1-2H3/b32-27-. The lowest BCUT2D eigenvalue weighted by Crippen LogP contribution is -2.20. The highest BCUT2D eigenvalue weighted by molar-refractivity contribution is 7.19. The number of allylic oxidation sites excluding steroid dienone is 4. The highest BCUT2D eigenvalue weighted by atomic mass is 32.1. The Morgan fingerprint density at radius 1 is 0.864 bits per heavy atom. The fourth-order valence-electron chi connectivity index (χ4n) is 6.04. The van der Waals surface area contributed by atoms with E-state index < -0.39 is 0 Å². The van der Waals surface area contributed by atoms with Crippen LogP contribution in [0.15, 0.2) is 130 Å². The molecule has 0 amide bonds. The van der Waals surface area contributed by atoms with Crippen molar-refractivity contribution < 1.29 is 4.42 Å². The Morgan fingerprint density at radius 3 is 2.23 bits per heavy atom. The monoisotopic (exact) mass is 591 g/mol. The van der Waals surface area contributed by atoms with Crippen LogP contribution in [-0.2, 0) is 0 Å². The van der Waals surface area contributed by atoms with Crippen molar-refractivity contribution in [2.24, 2.45) is 5.41 Å². The molecule has 2 aromatic heterocycles. The van der Waals surface area contributed by atoms with Crippen molar-refractivity contribution in [2.45, 2.75) is 26.7 Å². The number of fused-ring (bicyclic) bond motifs is 2. The third-order valence-electron chi connectivity index (χ3n) is 7.98. The highest BCUT2D eigenvalue weighted by Crippen LogP contribution is 2.44. The summed E-state index contributed by atoms with van der Waals surface area (Å²) in [6.07, 6.45) is 3.42. The minimum Gasteiger partial charge on any atom is -0.422 e. The summed E-state index contributed by atoms with van der Waals surface area (Å²) in [6.45, 7) is 4.34. The first kappa shape index (κ1) is 27.6. The number of hydrogen-bond acceptors (Lipinski definition) is 6. The summed E-state index contributed by atoms with van der Waals surface area (Å²) in [5.74, 6) is 0. The van der Waals surface area contributed by atoms with Gasteiger partial charge >= 0.3 is 5.63 Å². The van der Waals surface area contributed by atoms with Gasteiger partial charge in [-0.2, -0.15) is 5.26 Å². The van der Waals surface area contributed by atoms with Crippen LogP contribution in [0.4, 0.5) is 17.1 Å². The van der Waals surface area contributed by atoms with Gasteiger partial charge in [0.15, 0.2) is 0 Å². The van der Waals surface area contributed by atoms with Crippen molar-refractivity contribution in [1.82, 2.24) is 4.98 Å². The zero-order valence-electron chi connectivity index (χ0n) is 24.5. The average molecular weight is 592 g/mol. The molecular formula is C38H29N3O2S. The third-order valence-corrected chi connectivity index (χ3v) is 9.03. The van der Waals surface area contributed by atoms with Gasteiger partial charge in [0.05, 0.1) is 21.4 Å². The van der Waals surface area contributed by atoms with Crippen molar-refractivity contribution in [1.29, 1.82) is 5.26 Å². The first-order chi connectivity index (χ1) is 21.4. The molecule has 0 spiro atoms. The Balaban J connectivity index is 1.32. The maximum absolute atomic E-state index is 13.6. The first-order valence-electron chi connectivity index (χ1n) is 14.6. The van der Waals surface area contributed by atoms with E-state index in [1.54, 1.807) is 0 Å². The minimum atomic E-state index is -0.387. The molecule has 5 nitrogen and oxygen atoms in total. The number of nitrogens with zero attached hydrogens (tertiary/aromatic N) is 3. The number of nitriles is 1. The molecule has 1 aliphatic rings. The summed E-state index contributed by atoms with van der Waals surface area (Å²) in [7, 11) is 0. The summed E-state index contributed by atoms with van der Waals surface area (Å²) in [6, 6.07) is 38.5. The van der Waals surface area contributed by atoms with E-state index in [1.807, 2.05) is 84.9 Å². The second-order valence-electron chi connectivity index (χ2n) is 11.9. The number of anilines is 3. The van der Waals surface area contributed by atoms with E-state index in [0.717, 1.165) is 43.8 Å². The van der Waals surface area contributed by atoms with Crippen LogP contribution in [0.2, 0.25) is 0 Å². The number of aromatic nitrogens is 1. The van der Waals surface area contributed by atoms with E-state index in [9.17, 15) is 10.1 Å². The van der Waals surface area contributed by atoms with E-state index in [0.29, 0.717) is 34.6 Å². The van der Waals surface area contributed by atoms with Gasteiger partial charge in [-0.25, -0.2) is 9.78 Å². The molecular weight excluding hydrogens is 563 g/mol. The molecule has 0 saturated heterocycles. The summed E-state index contributed by atoms with van der Waals surface area (Å²) in [5, 5.41) is 11.8. The Bertz CT molecular complexity index is 2110. The molecule has 1 aliphatic carbocycles. The normalized spacial score (nSPS) is 15.5. The molecule has 6 aromatic rings. The van der Waals surface area contributed by atoms with Crippen molar-refractivity contribution in [3.8, 4) is 6.07 Å². The van der Waals surface area contributed by atoms with Gasteiger partial charge in [-0.15, -0.1) is 11.3 Å². The van der Waals surface area contributed by atoms with Gasteiger partial charge in [0, 0.05) is 28.5 Å². The molecule has 0 N–H and O–H groups in total. The van der Waals surface area contributed by atoms with Crippen LogP contribution in [-0.4, -0.2) is 4.98 Å². The van der Waals surface area contributed by atoms with Gasteiger partial charge in [0.25, 0.3) is 0 Å². The van der Waals surface area contributed by atoms with Crippen LogP contribution in [0.5, 0.6) is 0 Å². The fourth-order valence-corrected chi connectivity index (χ4v) is 7.04. The van der Waals surface area contributed by atoms with Crippen molar-refractivity contribution >= 4 is 60.7 Å². The number of para-hydroxylation sites is 3. The molecule has 0 unspecified atom stereocenters. The van der Waals surface area contributed by atoms with Crippen molar-refractivity contribution in [3.63, 3.8) is 0 Å². The van der Waals surface area contributed by atoms with Gasteiger partial charge < -0.3 is 9.32 Å². The van der Waals surface area contributed by atoms with Crippen molar-refractivity contribution in [3.05, 3.63) is 142 Å². The predicted molar refractivity (Wildman–Crippen MR) is 180 cm³/mol. The van der Waals surface area contributed by atoms with Crippen LogP contribution in [0.3, 0.4) is 0 Å². The largest absolute Gasteiger partial charge is 0.422 e. The first-order valence-corrected chi connectivity index (χ1v) is 15.4. The minimum absolute atomic E-state index is 0.157. The Morgan fingerprint density at radius 2 is 1.55 bits per heavy atom. The van der Waals surface area contributed by atoms with E-state index >= 15 is 0 Å². The van der Waals surface area contributed by atoms with Crippen LogP contribution in [0, 0.1) is 16.7 Å². The Hall–Kier alpha value is -5.25. The van der Waals surface area contributed by atoms with Crippen molar-refractivity contribution in [2.75, 3.05) is 4.90 Å². The lowest BCUT2D eigenvalue weighted by molar-refractivity contribution is 0.369. The molecule has 0 fully saturated rings. The molecule has 0 atom stereocenters. The molecule has 2 heterocycles. The molecule has 0 aliphatic heterocycles. The van der Waals surface area contributed by atoms with E-state index in [1.165, 1.54) is 11.3 Å². The lowest BCUT2D eigenvalue weighted by atomic mass is 9.73. The molecule has 0 saturated carbocycles. The SMILES string of the molecule is CC1(C)CC(c2cc3ccc(N(c4ccccc4)c4ccccc4)cc3oc2=O)=C/C(=C(\C#N)c2nc3ccccc3s2)C1. The van der Waals surface area contributed by atoms with Gasteiger partial charge in [-0.1, -0.05) is 68.5 Å². The topological polar surface area (TPSA) is 70.1 Å². The maximum Gasteiger partial charge on any atom is 0.343 e. The van der Waals surface area contributed by atoms with Gasteiger partial charge in [0.2, 0.25) is 0 Å². The second kappa shape index (κ2) is 11.1. The predicted octanol–water partition coefficient (Wildman–Crippen LogP) is 10.1. The molecule has 7 rings (SSSR count). The number of rotatable bonds is 5. The second-order valence-corrected chi connectivity index (χ2v) is 12.9. The molecule has 0 bridgehead atoms. The van der Waals surface area contributed by atoms with E-state index in [2.05, 4.69) is 55.1 Å². The molecule has 4 aromatic carbocycles. The molecule has 0 radical (unpaired) electrons. The van der Waals surface area contributed by atoms with Gasteiger partial charge in [-0.05, 0) is 84.0 Å². The zero-order valence-corrected chi connectivity index (χ0v) is 25.3.